The van der Waals surface area contributed by atoms with Gasteiger partial charge in [0, 0.05) is 35.8 Å². The summed E-state index contributed by atoms with van der Waals surface area (Å²) in [4.78, 5) is 21.8. The van der Waals surface area contributed by atoms with Crippen molar-refractivity contribution in [2.45, 2.75) is 62.3 Å². The van der Waals surface area contributed by atoms with Gasteiger partial charge in [0.15, 0.2) is 0 Å². The van der Waals surface area contributed by atoms with Crippen molar-refractivity contribution in [3.8, 4) is 0 Å². The first-order valence-electron chi connectivity index (χ1n) is 10.6. The second-order valence-corrected chi connectivity index (χ2v) is 10.3. The van der Waals surface area contributed by atoms with Gasteiger partial charge in [0.2, 0.25) is 16.0 Å². The Morgan fingerprint density at radius 2 is 1.94 bits per heavy atom. The Balaban J connectivity index is 1.55. The molecule has 0 saturated heterocycles. The van der Waals surface area contributed by atoms with Crippen molar-refractivity contribution in [3.05, 3.63) is 41.7 Å². The van der Waals surface area contributed by atoms with Crippen LogP contribution in [0.1, 0.15) is 49.8 Å². The lowest BCUT2D eigenvalue weighted by Gasteiger charge is -2.42. The minimum atomic E-state index is -3.76. The second-order valence-electron chi connectivity index (χ2n) is 8.77. The summed E-state index contributed by atoms with van der Waals surface area (Å²) in [7, 11) is -3.76. The average molecular weight is 440 g/mol. The minimum absolute atomic E-state index is 0.0963. The van der Waals surface area contributed by atoms with E-state index in [1.807, 2.05) is 6.07 Å². The Labute approximate surface area is 180 Å². The summed E-state index contributed by atoms with van der Waals surface area (Å²) in [6, 6.07) is 6.88. The standard InChI is InChI=1S/C22H25N5O3S/c1-14-9-16(5-6-19(14)31(23,29)30)25-21-24-13-15-10-17-11-18(28)12-22(7-3-2-4-8-22)27(17)20(15)26-21/h5-6,9-10,13H,2-4,7-8,11-12H2,1H3,(H2,23,29,30)(H,24,25,26). The van der Waals surface area contributed by atoms with Gasteiger partial charge in [0.25, 0.3) is 0 Å². The Morgan fingerprint density at radius 1 is 1.16 bits per heavy atom. The molecule has 1 saturated carbocycles. The summed E-state index contributed by atoms with van der Waals surface area (Å²) >= 11 is 0. The van der Waals surface area contributed by atoms with E-state index >= 15 is 0 Å². The highest BCUT2D eigenvalue weighted by atomic mass is 32.2. The SMILES string of the molecule is Cc1cc(Nc2ncc3cc4n(c3n2)C2(CCCCC2)CC(=O)C4)ccc1S(N)(=O)=O. The molecule has 1 aromatic carbocycles. The van der Waals surface area contributed by atoms with Gasteiger partial charge in [-0.25, -0.2) is 18.5 Å². The number of ketones is 1. The summed E-state index contributed by atoms with van der Waals surface area (Å²) in [6.07, 6.45) is 8.24. The number of hydrogen-bond donors (Lipinski definition) is 2. The molecule has 0 unspecified atom stereocenters. The Morgan fingerprint density at radius 3 is 2.65 bits per heavy atom. The van der Waals surface area contributed by atoms with Crippen molar-refractivity contribution in [2.24, 2.45) is 5.14 Å². The van der Waals surface area contributed by atoms with Crippen molar-refractivity contribution < 1.29 is 13.2 Å². The van der Waals surface area contributed by atoms with Crippen LogP contribution in [0.4, 0.5) is 11.6 Å². The minimum Gasteiger partial charge on any atom is -0.324 e. The van der Waals surface area contributed by atoms with Crippen molar-refractivity contribution in [2.75, 3.05) is 5.32 Å². The first-order chi connectivity index (χ1) is 14.7. The van der Waals surface area contributed by atoms with Gasteiger partial charge in [0.1, 0.15) is 11.4 Å². The fourth-order valence-electron chi connectivity index (χ4n) is 5.26. The molecule has 1 aliphatic carbocycles. The largest absolute Gasteiger partial charge is 0.324 e. The highest BCUT2D eigenvalue weighted by Crippen LogP contribution is 2.44. The van der Waals surface area contributed by atoms with Crippen LogP contribution >= 0.6 is 0 Å². The third-order valence-corrected chi connectivity index (χ3v) is 7.59. The van der Waals surface area contributed by atoms with E-state index < -0.39 is 10.0 Å². The van der Waals surface area contributed by atoms with Crippen LogP contribution in [0.25, 0.3) is 11.0 Å². The Kier molecular flexibility index (Phi) is 4.63. The monoisotopic (exact) mass is 439 g/mol. The molecule has 2 aromatic heterocycles. The maximum absolute atomic E-state index is 12.5. The molecule has 0 amide bonds. The van der Waals surface area contributed by atoms with Crippen molar-refractivity contribution in [3.63, 3.8) is 0 Å². The number of carbonyl (C=O) groups is 1. The number of Topliss-reactive ketones (excluding diaryl/α,β-unsaturated/α-hetero) is 1. The van der Waals surface area contributed by atoms with Crippen LogP contribution in [0, 0.1) is 6.92 Å². The molecule has 1 fully saturated rings. The predicted molar refractivity (Wildman–Crippen MR) is 118 cm³/mol. The first-order valence-corrected chi connectivity index (χ1v) is 12.1. The van der Waals surface area contributed by atoms with Crippen LogP contribution < -0.4 is 10.5 Å². The number of hydrogen-bond acceptors (Lipinski definition) is 6. The molecule has 0 atom stereocenters. The van der Waals surface area contributed by atoms with E-state index in [9.17, 15) is 13.2 Å². The van der Waals surface area contributed by atoms with E-state index in [0.717, 1.165) is 42.4 Å². The molecule has 3 aromatic rings. The summed E-state index contributed by atoms with van der Waals surface area (Å²) < 4.78 is 25.6. The molecule has 3 heterocycles. The zero-order chi connectivity index (χ0) is 21.8. The number of fused-ring (bicyclic) bond motifs is 4. The van der Waals surface area contributed by atoms with Crippen LogP contribution in [0.15, 0.2) is 35.4 Å². The van der Waals surface area contributed by atoms with E-state index in [2.05, 4.69) is 14.9 Å². The number of aryl methyl sites for hydroxylation is 1. The molecule has 1 aliphatic heterocycles. The number of nitrogens with two attached hydrogens (primary N) is 1. The normalized spacial score (nSPS) is 18.3. The number of nitrogens with one attached hydrogen (secondary N) is 1. The maximum atomic E-state index is 12.5. The topological polar surface area (TPSA) is 120 Å². The molecule has 162 valence electrons. The number of rotatable bonds is 3. The van der Waals surface area contributed by atoms with E-state index in [4.69, 9.17) is 10.1 Å². The van der Waals surface area contributed by atoms with Gasteiger partial charge in [-0.05, 0) is 49.6 Å². The third kappa shape index (κ3) is 3.51. The molecular weight excluding hydrogens is 414 g/mol. The number of carbonyl (C=O) groups excluding carboxylic acids is 1. The van der Waals surface area contributed by atoms with Gasteiger partial charge < -0.3 is 9.88 Å². The van der Waals surface area contributed by atoms with E-state index in [1.54, 1.807) is 25.3 Å². The lowest BCUT2D eigenvalue weighted by atomic mass is 9.75. The number of anilines is 2. The lowest BCUT2D eigenvalue weighted by molar-refractivity contribution is -0.122. The van der Waals surface area contributed by atoms with Crippen LogP contribution in [-0.4, -0.2) is 28.7 Å². The quantitative estimate of drug-likeness (QED) is 0.646. The molecule has 2 aliphatic rings. The maximum Gasteiger partial charge on any atom is 0.238 e. The number of primary sulfonamides is 1. The van der Waals surface area contributed by atoms with E-state index in [0.29, 0.717) is 35.8 Å². The molecule has 0 radical (unpaired) electrons. The highest BCUT2D eigenvalue weighted by Gasteiger charge is 2.41. The fraction of sp³-hybridized carbons (Fsp3) is 0.409. The van der Waals surface area contributed by atoms with Crippen molar-refractivity contribution in [1.29, 1.82) is 0 Å². The van der Waals surface area contributed by atoms with E-state index in [1.165, 1.54) is 12.5 Å². The zero-order valence-electron chi connectivity index (χ0n) is 17.4. The number of benzene rings is 1. The van der Waals surface area contributed by atoms with Gasteiger partial charge in [-0.3, -0.25) is 4.79 Å². The smallest absolute Gasteiger partial charge is 0.238 e. The van der Waals surface area contributed by atoms with Crippen LogP contribution in [0.5, 0.6) is 0 Å². The van der Waals surface area contributed by atoms with Gasteiger partial charge in [-0.2, -0.15) is 4.98 Å². The van der Waals surface area contributed by atoms with Crippen molar-refractivity contribution >= 4 is 38.5 Å². The highest BCUT2D eigenvalue weighted by molar-refractivity contribution is 7.89. The Hall–Kier alpha value is -2.78. The molecule has 5 rings (SSSR count). The van der Waals surface area contributed by atoms with Crippen LogP contribution in [0.3, 0.4) is 0 Å². The molecule has 3 N–H and O–H groups in total. The Bertz CT molecular complexity index is 1310. The van der Waals surface area contributed by atoms with Gasteiger partial charge in [0.05, 0.1) is 10.4 Å². The predicted octanol–water partition coefficient (Wildman–Crippen LogP) is 3.31. The van der Waals surface area contributed by atoms with Gasteiger partial charge in [-0.1, -0.05) is 19.3 Å². The zero-order valence-corrected chi connectivity index (χ0v) is 18.2. The number of nitrogens with zero attached hydrogens (tertiary/aromatic N) is 3. The van der Waals surface area contributed by atoms with Crippen LogP contribution in [0.2, 0.25) is 0 Å². The van der Waals surface area contributed by atoms with Crippen LogP contribution in [-0.2, 0) is 26.8 Å². The molecular formula is C22H25N5O3S. The number of aromatic nitrogens is 3. The first kappa shape index (κ1) is 20.1. The summed E-state index contributed by atoms with van der Waals surface area (Å²) in [5.41, 5.74) is 2.92. The molecule has 31 heavy (non-hydrogen) atoms. The summed E-state index contributed by atoms with van der Waals surface area (Å²) in [6.45, 7) is 1.70. The second kappa shape index (κ2) is 7.13. The van der Waals surface area contributed by atoms with Gasteiger partial charge >= 0.3 is 0 Å². The summed E-state index contributed by atoms with van der Waals surface area (Å²) in [5.74, 6) is 0.730. The number of sulfonamides is 1. The third-order valence-electron chi connectivity index (χ3n) is 6.52. The lowest BCUT2D eigenvalue weighted by Crippen LogP contribution is -2.43. The molecule has 0 bridgehead atoms. The van der Waals surface area contributed by atoms with Gasteiger partial charge in [-0.15, -0.1) is 0 Å². The fourth-order valence-corrected chi connectivity index (χ4v) is 6.02. The molecule has 1 spiro atoms. The van der Waals surface area contributed by atoms with Crippen molar-refractivity contribution in [1.82, 2.24) is 14.5 Å². The average Bonchev–Trinajstić information content (AvgIpc) is 3.05. The molecule has 9 heteroatoms. The summed E-state index contributed by atoms with van der Waals surface area (Å²) in [5, 5.41) is 9.36. The molecule has 8 nitrogen and oxygen atoms in total. The van der Waals surface area contributed by atoms with E-state index in [-0.39, 0.29) is 10.4 Å².